The van der Waals surface area contributed by atoms with Gasteiger partial charge in [0.2, 0.25) is 0 Å². The van der Waals surface area contributed by atoms with E-state index in [0.717, 1.165) is 42.9 Å². The van der Waals surface area contributed by atoms with Crippen molar-refractivity contribution in [3.63, 3.8) is 0 Å². The highest BCUT2D eigenvalue weighted by atomic mass is 32.1. The number of aliphatic hydroxyl groups is 1. The van der Waals surface area contributed by atoms with Crippen molar-refractivity contribution in [2.75, 3.05) is 0 Å². The zero-order valence-corrected chi connectivity index (χ0v) is 16.4. The number of nitrogens with zero attached hydrogens (tertiary/aromatic N) is 1. The first-order chi connectivity index (χ1) is 11.8. The largest absolute Gasteiger partial charge is 0.393 e. The van der Waals surface area contributed by atoms with Gasteiger partial charge in [-0.05, 0) is 105 Å². The third-order valence-electron chi connectivity index (χ3n) is 8.77. The van der Waals surface area contributed by atoms with Crippen LogP contribution in [0, 0.1) is 34.5 Å². The molecule has 4 nitrogen and oxygen atoms in total. The summed E-state index contributed by atoms with van der Waals surface area (Å²) in [5.74, 6) is 3.14. The average Bonchev–Trinajstić information content (AvgIpc) is 2.88. The normalized spacial score (nSPS) is 50.7. The lowest BCUT2D eigenvalue weighted by atomic mass is 9.45. The van der Waals surface area contributed by atoms with Crippen molar-refractivity contribution >= 4 is 23.0 Å². The highest BCUT2D eigenvalue weighted by molar-refractivity contribution is 7.80. The lowest BCUT2D eigenvalue weighted by Gasteiger charge is -2.60. The molecule has 4 aliphatic rings. The van der Waals surface area contributed by atoms with E-state index in [0.29, 0.717) is 5.41 Å². The summed E-state index contributed by atoms with van der Waals surface area (Å²) in [5, 5.41) is 15.3. The van der Waals surface area contributed by atoms with Crippen LogP contribution in [0.5, 0.6) is 0 Å². The molecule has 0 aromatic heterocycles. The summed E-state index contributed by atoms with van der Waals surface area (Å²) >= 11 is 4.88. The Bertz CT molecular complexity index is 593. The Morgan fingerprint density at radius 1 is 1.12 bits per heavy atom. The van der Waals surface area contributed by atoms with Crippen LogP contribution in [0.4, 0.5) is 0 Å². The summed E-state index contributed by atoms with van der Waals surface area (Å²) in [6.45, 7) is 4.92. The molecule has 0 heterocycles. The average molecular weight is 364 g/mol. The SMILES string of the molecule is C[C@]12CCC(=NNC(N)=S)C[C@@H]1CC[C@H]1[C@H]2CC[C@]2(C)[C@H](O)CC[C@H]12. The monoisotopic (exact) mass is 363 g/mol. The van der Waals surface area contributed by atoms with Crippen molar-refractivity contribution in [1.29, 1.82) is 0 Å². The minimum Gasteiger partial charge on any atom is -0.393 e. The summed E-state index contributed by atoms with van der Waals surface area (Å²) in [5.41, 5.74) is 10.2. The van der Waals surface area contributed by atoms with Crippen LogP contribution in [0.3, 0.4) is 0 Å². The quantitative estimate of drug-likeness (QED) is 0.492. The van der Waals surface area contributed by atoms with Gasteiger partial charge in [-0.15, -0.1) is 0 Å². The highest BCUT2D eigenvalue weighted by Gasteiger charge is 2.59. The Kier molecular flexibility index (Phi) is 4.39. The topological polar surface area (TPSA) is 70.6 Å². The van der Waals surface area contributed by atoms with Crippen molar-refractivity contribution in [3.8, 4) is 0 Å². The Hall–Kier alpha value is -0.680. The molecule has 5 heteroatoms. The van der Waals surface area contributed by atoms with E-state index in [-0.39, 0.29) is 16.6 Å². The van der Waals surface area contributed by atoms with Crippen LogP contribution >= 0.6 is 12.2 Å². The third kappa shape index (κ3) is 2.73. The van der Waals surface area contributed by atoms with Gasteiger partial charge in [-0.25, -0.2) is 0 Å². The maximum absolute atomic E-state index is 10.6. The lowest BCUT2D eigenvalue weighted by molar-refractivity contribution is -0.112. The maximum atomic E-state index is 10.6. The van der Waals surface area contributed by atoms with Crippen LogP contribution in [0.2, 0.25) is 0 Å². The number of nitrogens with two attached hydrogens (primary N) is 1. The van der Waals surface area contributed by atoms with Crippen molar-refractivity contribution in [1.82, 2.24) is 5.43 Å². The molecule has 4 fully saturated rings. The van der Waals surface area contributed by atoms with Gasteiger partial charge in [0.15, 0.2) is 5.11 Å². The molecule has 0 amide bonds. The number of rotatable bonds is 1. The summed E-state index contributed by atoms with van der Waals surface area (Å²) in [6, 6.07) is 0. The molecular formula is C20H33N3OS. The first-order valence-corrected chi connectivity index (χ1v) is 10.5. The number of hydrogen-bond acceptors (Lipinski definition) is 3. The second-order valence-corrected chi connectivity index (χ2v) is 10.1. The van der Waals surface area contributed by atoms with E-state index < -0.39 is 0 Å². The van der Waals surface area contributed by atoms with Gasteiger partial charge in [0.05, 0.1) is 6.10 Å². The van der Waals surface area contributed by atoms with Gasteiger partial charge in [-0.2, -0.15) is 5.10 Å². The third-order valence-corrected chi connectivity index (χ3v) is 8.86. The Labute approximate surface area is 157 Å². The molecule has 4 aliphatic carbocycles. The van der Waals surface area contributed by atoms with Crippen molar-refractivity contribution in [3.05, 3.63) is 0 Å². The molecule has 4 N–H and O–H groups in total. The van der Waals surface area contributed by atoms with Gasteiger partial charge in [-0.3, -0.25) is 5.43 Å². The molecule has 25 heavy (non-hydrogen) atoms. The molecule has 0 aromatic carbocycles. The van der Waals surface area contributed by atoms with E-state index >= 15 is 0 Å². The van der Waals surface area contributed by atoms with Crippen LogP contribution in [0.1, 0.15) is 71.6 Å². The van der Waals surface area contributed by atoms with E-state index in [1.165, 1.54) is 44.2 Å². The van der Waals surface area contributed by atoms with Crippen molar-refractivity contribution in [2.24, 2.45) is 45.3 Å². The van der Waals surface area contributed by atoms with Crippen molar-refractivity contribution < 1.29 is 5.11 Å². The molecule has 4 rings (SSSR count). The highest BCUT2D eigenvalue weighted by Crippen LogP contribution is 2.65. The molecule has 0 spiro atoms. The van der Waals surface area contributed by atoms with Gasteiger partial charge in [0.25, 0.3) is 0 Å². The minimum atomic E-state index is -0.0692. The number of hydrazone groups is 1. The van der Waals surface area contributed by atoms with Gasteiger partial charge >= 0.3 is 0 Å². The fourth-order valence-corrected chi connectivity index (χ4v) is 7.31. The van der Waals surface area contributed by atoms with Crippen LogP contribution in [-0.4, -0.2) is 22.0 Å². The number of hydrogen-bond donors (Lipinski definition) is 3. The zero-order valence-electron chi connectivity index (χ0n) is 15.6. The van der Waals surface area contributed by atoms with E-state index in [1.54, 1.807) is 0 Å². The molecule has 0 unspecified atom stereocenters. The number of aliphatic hydroxyl groups excluding tert-OH is 1. The number of thiocarbonyl (C=S) groups is 1. The molecule has 0 aromatic rings. The van der Waals surface area contributed by atoms with E-state index in [4.69, 9.17) is 18.0 Å². The molecule has 0 radical (unpaired) electrons. The second-order valence-electron chi connectivity index (χ2n) is 9.65. The lowest BCUT2D eigenvalue weighted by Crippen LogP contribution is -2.54. The predicted molar refractivity (Wildman–Crippen MR) is 105 cm³/mol. The fourth-order valence-electron chi connectivity index (χ4n) is 7.27. The van der Waals surface area contributed by atoms with Crippen molar-refractivity contribution in [2.45, 2.75) is 77.7 Å². The molecule has 0 saturated heterocycles. The molecular weight excluding hydrogens is 330 g/mol. The van der Waals surface area contributed by atoms with Crippen LogP contribution < -0.4 is 11.2 Å². The molecule has 0 aliphatic heterocycles. The summed E-state index contributed by atoms with van der Waals surface area (Å²) in [7, 11) is 0. The standard InChI is InChI=1S/C20H33N3OS/c1-19-9-7-13(22-23-18(21)25)11-12(19)3-4-14-15-5-6-17(24)20(15,2)10-8-16(14)19/h12,14-17,24H,3-11H2,1-2H3,(H3,21,23,25)/t12-,14+,15+,16+,17+,19-,20-/m0/s1. The van der Waals surface area contributed by atoms with Gasteiger partial charge in [0.1, 0.15) is 0 Å². The minimum absolute atomic E-state index is 0.0692. The van der Waals surface area contributed by atoms with E-state index in [1.807, 2.05) is 0 Å². The predicted octanol–water partition coefficient (Wildman–Crippen LogP) is 3.58. The number of fused-ring (bicyclic) bond motifs is 5. The molecule has 0 bridgehead atoms. The van der Waals surface area contributed by atoms with Crippen LogP contribution in [0.15, 0.2) is 5.10 Å². The first-order valence-electron chi connectivity index (χ1n) is 10.1. The second kappa shape index (κ2) is 6.19. The Morgan fingerprint density at radius 3 is 2.64 bits per heavy atom. The smallest absolute Gasteiger partial charge is 0.184 e. The first kappa shape index (κ1) is 17.7. The Balaban J connectivity index is 1.53. The Morgan fingerprint density at radius 2 is 1.88 bits per heavy atom. The maximum Gasteiger partial charge on any atom is 0.184 e. The summed E-state index contributed by atoms with van der Waals surface area (Å²) in [6.07, 6.45) is 10.8. The zero-order chi connectivity index (χ0) is 17.8. The van der Waals surface area contributed by atoms with E-state index in [9.17, 15) is 5.11 Å². The molecule has 7 atom stereocenters. The van der Waals surface area contributed by atoms with Crippen LogP contribution in [0.25, 0.3) is 0 Å². The molecule has 140 valence electrons. The summed E-state index contributed by atoms with van der Waals surface area (Å²) in [4.78, 5) is 0. The number of nitrogens with one attached hydrogen (secondary N) is 1. The molecule has 4 saturated carbocycles. The van der Waals surface area contributed by atoms with E-state index in [2.05, 4.69) is 24.4 Å². The fraction of sp³-hybridized carbons (Fsp3) is 0.900. The van der Waals surface area contributed by atoms with Gasteiger partial charge < -0.3 is 10.8 Å². The van der Waals surface area contributed by atoms with Gasteiger partial charge in [-0.1, -0.05) is 13.8 Å². The van der Waals surface area contributed by atoms with Gasteiger partial charge in [0, 0.05) is 5.71 Å². The summed E-state index contributed by atoms with van der Waals surface area (Å²) < 4.78 is 0. The van der Waals surface area contributed by atoms with Crippen LogP contribution in [-0.2, 0) is 0 Å².